The summed E-state index contributed by atoms with van der Waals surface area (Å²) in [7, 11) is 0. The molecule has 0 amide bonds. The van der Waals surface area contributed by atoms with Crippen molar-refractivity contribution in [3.05, 3.63) is 34.3 Å². The van der Waals surface area contributed by atoms with Crippen molar-refractivity contribution in [1.29, 1.82) is 0 Å². The van der Waals surface area contributed by atoms with Gasteiger partial charge in [-0.3, -0.25) is 4.90 Å². The smallest absolute Gasteiger partial charge is 0.0233 e. The first-order valence-electron chi connectivity index (χ1n) is 5.24. The molecule has 1 nitrogen and oxygen atoms in total. The molecule has 76 valence electrons. The van der Waals surface area contributed by atoms with Gasteiger partial charge in [0, 0.05) is 24.1 Å². The number of hydrogen-bond acceptors (Lipinski definition) is 1. The number of halogens is 1. The number of benzene rings is 1. The highest BCUT2D eigenvalue weighted by Crippen LogP contribution is 2.21. The Balaban J connectivity index is 1.84. The summed E-state index contributed by atoms with van der Waals surface area (Å²) in [6, 6.07) is 8.63. The van der Waals surface area contributed by atoms with Gasteiger partial charge in [-0.25, -0.2) is 0 Å². The van der Waals surface area contributed by atoms with Crippen LogP contribution in [0.2, 0.25) is 0 Å². The molecule has 0 saturated carbocycles. The van der Waals surface area contributed by atoms with Crippen molar-refractivity contribution in [1.82, 2.24) is 4.90 Å². The molecule has 0 bridgehead atoms. The first-order valence-corrected chi connectivity index (χ1v) is 6.04. The average Bonchev–Trinajstić information content (AvgIpc) is 2.13. The highest BCUT2D eigenvalue weighted by Gasteiger charge is 2.24. The van der Waals surface area contributed by atoms with E-state index in [1.165, 1.54) is 25.1 Å². The molecule has 1 saturated heterocycles. The molecule has 1 fully saturated rings. The quantitative estimate of drug-likeness (QED) is 0.800. The van der Waals surface area contributed by atoms with E-state index >= 15 is 0 Å². The maximum Gasteiger partial charge on any atom is 0.0233 e. The van der Waals surface area contributed by atoms with Gasteiger partial charge in [0.2, 0.25) is 0 Å². The SMILES string of the molecule is CCC1CN(Cc2ccc(Br)cc2)C1. The molecular weight excluding hydrogens is 238 g/mol. The van der Waals surface area contributed by atoms with Crippen LogP contribution in [-0.2, 0) is 6.54 Å². The molecule has 1 aliphatic rings. The summed E-state index contributed by atoms with van der Waals surface area (Å²) in [4.78, 5) is 2.51. The summed E-state index contributed by atoms with van der Waals surface area (Å²) in [5.41, 5.74) is 1.42. The molecule has 2 rings (SSSR count). The molecular formula is C12H16BrN. The average molecular weight is 254 g/mol. The summed E-state index contributed by atoms with van der Waals surface area (Å²) in [6.45, 7) is 5.96. The minimum atomic E-state index is 0.949. The van der Waals surface area contributed by atoms with Crippen molar-refractivity contribution in [2.45, 2.75) is 19.9 Å². The molecule has 1 heterocycles. The summed E-state index contributed by atoms with van der Waals surface area (Å²) >= 11 is 3.45. The fourth-order valence-electron chi connectivity index (χ4n) is 1.91. The Morgan fingerprint density at radius 1 is 1.29 bits per heavy atom. The molecule has 0 radical (unpaired) electrons. The van der Waals surface area contributed by atoms with Crippen LogP contribution in [0.5, 0.6) is 0 Å². The topological polar surface area (TPSA) is 3.24 Å². The number of likely N-dealkylation sites (tertiary alicyclic amines) is 1. The van der Waals surface area contributed by atoms with E-state index < -0.39 is 0 Å². The van der Waals surface area contributed by atoms with Gasteiger partial charge >= 0.3 is 0 Å². The van der Waals surface area contributed by atoms with Gasteiger partial charge in [0.05, 0.1) is 0 Å². The van der Waals surface area contributed by atoms with Crippen molar-refractivity contribution >= 4 is 15.9 Å². The first kappa shape index (κ1) is 10.2. The molecule has 0 N–H and O–H groups in total. The highest BCUT2D eigenvalue weighted by atomic mass is 79.9. The molecule has 0 aliphatic carbocycles. The largest absolute Gasteiger partial charge is 0.298 e. The molecule has 0 unspecified atom stereocenters. The van der Waals surface area contributed by atoms with Gasteiger partial charge in [-0.2, -0.15) is 0 Å². The fraction of sp³-hybridized carbons (Fsp3) is 0.500. The highest BCUT2D eigenvalue weighted by molar-refractivity contribution is 9.10. The van der Waals surface area contributed by atoms with E-state index in [1.807, 2.05) is 0 Å². The normalized spacial score (nSPS) is 18.1. The Bertz CT molecular complexity index is 288. The van der Waals surface area contributed by atoms with Crippen LogP contribution in [0.3, 0.4) is 0 Å². The van der Waals surface area contributed by atoms with E-state index in [0.717, 1.165) is 16.9 Å². The van der Waals surface area contributed by atoms with Crippen LogP contribution >= 0.6 is 15.9 Å². The van der Waals surface area contributed by atoms with Crippen molar-refractivity contribution in [2.24, 2.45) is 5.92 Å². The molecule has 0 aromatic heterocycles. The summed E-state index contributed by atoms with van der Waals surface area (Å²) in [6.07, 6.45) is 1.33. The van der Waals surface area contributed by atoms with Crippen molar-refractivity contribution in [3.63, 3.8) is 0 Å². The van der Waals surface area contributed by atoms with Gasteiger partial charge in [0.15, 0.2) is 0 Å². The fourth-order valence-corrected chi connectivity index (χ4v) is 2.18. The second kappa shape index (κ2) is 4.45. The van der Waals surface area contributed by atoms with Gasteiger partial charge in [-0.1, -0.05) is 41.4 Å². The lowest BCUT2D eigenvalue weighted by Gasteiger charge is -2.38. The maximum atomic E-state index is 3.45. The zero-order valence-electron chi connectivity index (χ0n) is 8.54. The molecule has 0 atom stereocenters. The zero-order chi connectivity index (χ0) is 9.97. The predicted molar refractivity (Wildman–Crippen MR) is 63.2 cm³/mol. The zero-order valence-corrected chi connectivity index (χ0v) is 10.1. The lowest BCUT2D eigenvalue weighted by atomic mass is 9.97. The van der Waals surface area contributed by atoms with E-state index in [0.29, 0.717) is 0 Å². The standard InChI is InChI=1S/C12H16BrN/c1-2-10-7-14(8-10)9-11-3-5-12(13)6-4-11/h3-6,10H,2,7-9H2,1H3. The van der Waals surface area contributed by atoms with Crippen LogP contribution in [0.15, 0.2) is 28.7 Å². The molecule has 2 heteroatoms. The number of rotatable bonds is 3. The Morgan fingerprint density at radius 2 is 1.93 bits per heavy atom. The molecule has 1 aliphatic heterocycles. The Morgan fingerprint density at radius 3 is 2.50 bits per heavy atom. The first-order chi connectivity index (χ1) is 6.78. The molecule has 14 heavy (non-hydrogen) atoms. The molecule has 0 spiro atoms. The molecule has 1 aromatic rings. The summed E-state index contributed by atoms with van der Waals surface area (Å²) < 4.78 is 1.16. The Labute approximate surface area is 94.2 Å². The Hall–Kier alpha value is -0.340. The second-order valence-corrected chi connectivity index (χ2v) is 5.01. The van der Waals surface area contributed by atoms with Gasteiger partial charge < -0.3 is 0 Å². The van der Waals surface area contributed by atoms with Gasteiger partial charge in [0.25, 0.3) is 0 Å². The van der Waals surface area contributed by atoms with Crippen molar-refractivity contribution in [2.75, 3.05) is 13.1 Å². The summed E-state index contributed by atoms with van der Waals surface area (Å²) in [5.74, 6) is 0.949. The van der Waals surface area contributed by atoms with E-state index in [2.05, 4.69) is 52.0 Å². The second-order valence-electron chi connectivity index (χ2n) is 4.09. The third-order valence-corrected chi connectivity index (χ3v) is 3.46. The Kier molecular flexibility index (Phi) is 3.24. The lowest BCUT2D eigenvalue weighted by Crippen LogP contribution is -2.45. The van der Waals surface area contributed by atoms with Crippen LogP contribution in [0.25, 0.3) is 0 Å². The van der Waals surface area contributed by atoms with Crippen LogP contribution in [-0.4, -0.2) is 18.0 Å². The number of hydrogen-bond donors (Lipinski definition) is 0. The van der Waals surface area contributed by atoms with Gasteiger partial charge in [-0.05, 0) is 23.6 Å². The third-order valence-electron chi connectivity index (χ3n) is 2.93. The molecule has 1 aromatic carbocycles. The van der Waals surface area contributed by atoms with Crippen molar-refractivity contribution in [3.8, 4) is 0 Å². The van der Waals surface area contributed by atoms with Gasteiger partial charge in [-0.15, -0.1) is 0 Å². The van der Waals surface area contributed by atoms with E-state index in [-0.39, 0.29) is 0 Å². The van der Waals surface area contributed by atoms with Crippen molar-refractivity contribution < 1.29 is 0 Å². The third kappa shape index (κ3) is 2.37. The minimum absolute atomic E-state index is 0.949. The lowest BCUT2D eigenvalue weighted by molar-refractivity contribution is 0.0899. The van der Waals surface area contributed by atoms with E-state index in [9.17, 15) is 0 Å². The predicted octanol–water partition coefficient (Wildman–Crippen LogP) is 3.29. The van der Waals surface area contributed by atoms with E-state index in [4.69, 9.17) is 0 Å². The van der Waals surface area contributed by atoms with Crippen LogP contribution in [0, 0.1) is 5.92 Å². The summed E-state index contributed by atoms with van der Waals surface area (Å²) in [5, 5.41) is 0. The monoisotopic (exact) mass is 253 g/mol. The maximum absolute atomic E-state index is 3.45. The van der Waals surface area contributed by atoms with E-state index in [1.54, 1.807) is 0 Å². The van der Waals surface area contributed by atoms with Crippen LogP contribution < -0.4 is 0 Å². The minimum Gasteiger partial charge on any atom is -0.298 e. The van der Waals surface area contributed by atoms with Crippen LogP contribution in [0.4, 0.5) is 0 Å². The van der Waals surface area contributed by atoms with Gasteiger partial charge in [0.1, 0.15) is 0 Å². The number of nitrogens with zero attached hydrogens (tertiary/aromatic N) is 1. The van der Waals surface area contributed by atoms with Crippen LogP contribution in [0.1, 0.15) is 18.9 Å².